The summed E-state index contributed by atoms with van der Waals surface area (Å²) in [6.07, 6.45) is 1.35. The molecule has 0 bridgehead atoms. The van der Waals surface area contributed by atoms with Crippen molar-refractivity contribution < 1.29 is 0 Å². The number of likely N-dealkylation sites (N-methyl/N-ethyl adjacent to an activating group) is 1. The third-order valence-electron chi connectivity index (χ3n) is 4.74. The predicted octanol–water partition coefficient (Wildman–Crippen LogP) is 1.74. The highest BCUT2D eigenvalue weighted by molar-refractivity contribution is 8.00. The standard InChI is InChI=1S/C15H31N3S/c1-12(2)15(18-8-6-17(4)7-9-18)11-16-14-5-10-19-13(14)3/h12-16H,5-11H2,1-4H3. The minimum atomic E-state index is 0.700. The Morgan fingerprint density at radius 3 is 2.42 bits per heavy atom. The summed E-state index contributed by atoms with van der Waals surface area (Å²) in [6, 6.07) is 1.44. The van der Waals surface area contributed by atoms with E-state index in [9.17, 15) is 0 Å². The molecule has 1 N–H and O–H groups in total. The number of thioether (sulfide) groups is 1. The highest BCUT2D eigenvalue weighted by atomic mass is 32.2. The molecule has 3 unspecified atom stereocenters. The fourth-order valence-corrected chi connectivity index (χ4v) is 4.44. The first-order valence-electron chi connectivity index (χ1n) is 7.85. The molecule has 2 heterocycles. The van der Waals surface area contributed by atoms with Gasteiger partial charge in [0.25, 0.3) is 0 Å². The van der Waals surface area contributed by atoms with E-state index >= 15 is 0 Å². The van der Waals surface area contributed by atoms with E-state index in [0.29, 0.717) is 6.04 Å². The molecular weight excluding hydrogens is 254 g/mol. The van der Waals surface area contributed by atoms with Gasteiger partial charge in [-0.2, -0.15) is 11.8 Å². The van der Waals surface area contributed by atoms with Crippen LogP contribution >= 0.6 is 11.8 Å². The molecule has 0 saturated carbocycles. The second-order valence-electron chi connectivity index (χ2n) is 6.53. The maximum atomic E-state index is 3.85. The summed E-state index contributed by atoms with van der Waals surface area (Å²) < 4.78 is 0. The van der Waals surface area contributed by atoms with E-state index in [1.165, 1.54) is 38.4 Å². The first-order valence-corrected chi connectivity index (χ1v) is 8.90. The quantitative estimate of drug-likeness (QED) is 0.829. The van der Waals surface area contributed by atoms with Crippen LogP contribution in [0.2, 0.25) is 0 Å². The Morgan fingerprint density at radius 2 is 1.89 bits per heavy atom. The number of hydrogen-bond donors (Lipinski definition) is 1. The summed E-state index contributed by atoms with van der Waals surface area (Å²) in [6.45, 7) is 13.2. The average Bonchev–Trinajstić information content (AvgIpc) is 2.77. The van der Waals surface area contributed by atoms with Gasteiger partial charge < -0.3 is 10.2 Å². The molecule has 2 aliphatic rings. The van der Waals surface area contributed by atoms with Crippen molar-refractivity contribution in [1.82, 2.24) is 15.1 Å². The summed E-state index contributed by atoms with van der Waals surface area (Å²) in [5.74, 6) is 2.07. The van der Waals surface area contributed by atoms with Crippen LogP contribution in [0.3, 0.4) is 0 Å². The minimum absolute atomic E-state index is 0.700. The van der Waals surface area contributed by atoms with Crippen LogP contribution in [0.5, 0.6) is 0 Å². The summed E-state index contributed by atoms with van der Waals surface area (Å²) in [5.41, 5.74) is 0. The number of nitrogens with zero attached hydrogens (tertiary/aromatic N) is 2. The predicted molar refractivity (Wildman–Crippen MR) is 86.0 cm³/mol. The molecule has 0 radical (unpaired) electrons. The van der Waals surface area contributed by atoms with Gasteiger partial charge in [-0.05, 0) is 25.1 Å². The molecule has 0 aliphatic carbocycles. The molecule has 19 heavy (non-hydrogen) atoms. The van der Waals surface area contributed by atoms with Crippen molar-refractivity contribution in [1.29, 1.82) is 0 Å². The number of piperazine rings is 1. The Bertz CT molecular complexity index is 264. The van der Waals surface area contributed by atoms with Gasteiger partial charge in [-0.25, -0.2) is 0 Å². The van der Waals surface area contributed by atoms with Crippen molar-refractivity contribution in [3.05, 3.63) is 0 Å². The molecule has 3 nitrogen and oxygen atoms in total. The van der Waals surface area contributed by atoms with Gasteiger partial charge in [-0.15, -0.1) is 0 Å². The molecule has 0 amide bonds. The molecule has 0 aromatic rings. The smallest absolute Gasteiger partial charge is 0.0244 e. The van der Waals surface area contributed by atoms with E-state index in [1.807, 2.05) is 0 Å². The number of hydrogen-bond acceptors (Lipinski definition) is 4. The lowest BCUT2D eigenvalue weighted by atomic mass is 10.0. The molecule has 0 aromatic carbocycles. The van der Waals surface area contributed by atoms with Crippen LogP contribution in [0.4, 0.5) is 0 Å². The van der Waals surface area contributed by atoms with Gasteiger partial charge >= 0.3 is 0 Å². The Hall–Kier alpha value is 0.230. The summed E-state index contributed by atoms with van der Waals surface area (Å²) in [7, 11) is 2.23. The molecule has 4 heteroatoms. The number of nitrogens with one attached hydrogen (secondary N) is 1. The van der Waals surface area contributed by atoms with E-state index in [1.54, 1.807) is 0 Å². The minimum Gasteiger partial charge on any atom is -0.311 e. The van der Waals surface area contributed by atoms with E-state index in [0.717, 1.165) is 23.8 Å². The lowest BCUT2D eigenvalue weighted by Gasteiger charge is -2.40. The number of rotatable bonds is 5. The third-order valence-corrected chi connectivity index (χ3v) is 6.07. The summed E-state index contributed by atoms with van der Waals surface area (Å²) >= 11 is 2.12. The van der Waals surface area contributed by atoms with Crippen LogP contribution in [0.15, 0.2) is 0 Å². The zero-order valence-corrected chi connectivity index (χ0v) is 13.9. The largest absolute Gasteiger partial charge is 0.311 e. The molecule has 2 saturated heterocycles. The highest BCUT2D eigenvalue weighted by Crippen LogP contribution is 2.26. The second-order valence-corrected chi connectivity index (χ2v) is 8.02. The van der Waals surface area contributed by atoms with Crippen molar-refractivity contribution in [2.45, 2.75) is 44.5 Å². The van der Waals surface area contributed by atoms with Gasteiger partial charge in [0.15, 0.2) is 0 Å². The van der Waals surface area contributed by atoms with Gasteiger partial charge in [0.05, 0.1) is 0 Å². The van der Waals surface area contributed by atoms with Gasteiger partial charge in [-0.3, -0.25) is 4.90 Å². The van der Waals surface area contributed by atoms with Crippen LogP contribution in [-0.2, 0) is 0 Å². The Morgan fingerprint density at radius 1 is 1.21 bits per heavy atom. The fraction of sp³-hybridized carbons (Fsp3) is 1.00. The third kappa shape index (κ3) is 4.35. The van der Waals surface area contributed by atoms with Crippen molar-refractivity contribution >= 4 is 11.8 Å². The molecule has 0 spiro atoms. The first kappa shape index (κ1) is 15.6. The van der Waals surface area contributed by atoms with Gasteiger partial charge in [0.1, 0.15) is 0 Å². The van der Waals surface area contributed by atoms with Crippen LogP contribution in [0.25, 0.3) is 0 Å². The van der Waals surface area contributed by atoms with Crippen LogP contribution in [-0.4, -0.2) is 72.7 Å². The van der Waals surface area contributed by atoms with E-state index in [4.69, 9.17) is 0 Å². The van der Waals surface area contributed by atoms with E-state index in [-0.39, 0.29) is 0 Å². The molecule has 2 aliphatic heterocycles. The van der Waals surface area contributed by atoms with Crippen molar-refractivity contribution in [3.63, 3.8) is 0 Å². The Kier molecular flexibility index (Phi) is 6.00. The first-order chi connectivity index (χ1) is 9.08. The van der Waals surface area contributed by atoms with Gasteiger partial charge in [0.2, 0.25) is 0 Å². The average molecular weight is 286 g/mol. The van der Waals surface area contributed by atoms with Crippen molar-refractivity contribution in [2.75, 3.05) is 45.5 Å². The Labute approximate surface area is 123 Å². The maximum Gasteiger partial charge on any atom is 0.0244 e. The lowest BCUT2D eigenvalue weighted by molar-refractivity contribution is 0.0861. The Balaban J connectivity index is 1.82. The molecule has 2 rings (SSSR count). The van der Waals surface area contributed by atoms with Crippen molar-refractivity contribution in [2.24, 2.45) is 5.92 Å². The highest BCUT2D eigenvalue weighted by Gasteiger charge is 2.28. The molecule has 3 atom stereocenters. The summed E-state index contributed by atoms with van der Waals surface area (Å²) in [4.78, 5) is 5.14. The van der Waals surface area contributed by atoms with E-state index in [2.05, 4.69) is 54.7 Å². The van der Waals surface area contributed by atoms with Crippen LogP contribution in [0, 0.1) is 5.92 Å². The zero-order valence-electron chi connectivity index (χ0n) is 13.1. The lowest BCUT2D eigenvalue weighted by Crippen LogP contribution is -2.54. The fourth-order valence-electron chi connectivity index (χ4n) is 3.21. The van der Waals surface area contributed by atoms with E-state index < -0.39 is 0 Å². The van der Waals surface area contributed by atoms with Crippen molar-refractivity contribution in [3.8, 4) is 0 Å². The maximum absolute atomic E-state index is 3.85. The zero-order chi connectivity index (χ0) is 13.8. The van der Waals surface area contributed by atoms with Gasteiger partial charge in [0, 0.05) is 50.1 Å². The normalized spacial score (nSPS) is 32.1. The molecular formula is C15H31N3S. The molecule has 0 aromatic heterocycles. The SMILES string of the molecule is CC(C)C(CNC1CCSC1C)N1CCN(C)CC1. The molecule has 112 valence electrons. The molecule has 2 fully saturated rings. The monoisotopic (exact) mass is 285 g/mol. The second kappa shape index (κ2) is 7.30. The summed E-state index contributed by atoms with van der Waals surface area (Å²) in [5, 5.41) is 4.64. The topological polar surface area (TPSA) is 18.5 Å². The van der Waals surface area contributed by atoms with Crippen LogP contribution in [0.1, 0.15) is 27.2 Å². The van der Waals surface area contributed by atoms with Crippen LogP contribution < -0.4 is 5.32 Å². The van der Waals surface area contributed by atoms with Gasteiger partial charge in [-0.1, -0.05) is 20.8 Å².